The monoisotopic (exact) mass is 377 g/mol. The summed E-state index contributed by atoms with van der Waals surface area (Å²) in [4.78, 5) is 2.11. The Hall–Kier alpha value is -3.52. The molecule has 1 atom stereocenters. The number of fused-ring (bicyclic) bond motifs is 3. The van der Waals surface area contributed by atoms with Crippen molar-refractivity contribution in [2.45, 2.75) is 5.60 Å². The lowest BCUT2D eigenvalue weighted by atomic mass is 9.83. The topological polar surface area (TPSA) is 12.5 Å². The highest BCUT2D eigenvalue weighted by Gasteiger charge is 2.37. The van der Waals surface area contributed by atoms with Crippen molar-refractivity contribution in [2.24, 2.45) is 0 Å². The molecule has 0 saturated carbocycles. The molecule has 0 aliphatic carbocycles. The van der Waals surface area contributed by atoms with Crippen LogP contribution in [0.3, 0.4) is 0 Å². The highest BCUT2D eigenvalue weighted by atomic mass is 16.5. The Bertz CT molecular complexity index is 1190. The van der Waals surface area contributed by atoms with Crippen LogP contribution in [0.5, 0.6) is 5.75 Å². The van der Waals surface area contributed by atoms with Gasteiger partial charge in [0.2, 0.25) is 0 Å². The molecule has 4 aromatic rings. The van der Waals surface area contributed by atoms with Gasteiger partial charge in [-0.15, -0.1) is 0 Å². The van der Waals surface area contributed by atoms with Crippen molar-refractivity contribution in [3.8, 4) is 5.75 Å². The Morgan fingerprint density at radius 1 is 0.690 bits per heavy atom. The number of hydrogen-bond donors (Lipinski definition) is 0. The van der Waals surface area contributed by atoms with Crippen molar-refractivity contribution < 1.29 is 4.74 Å². The van der Waals surface area contributed by atoms with Crippen LogP contribution in [0, 0.1) is 0 Å². The van der Waals surface area contributed by atoms with E-state index in [9.17, 15) is 0 Å². The Balaban J connectivity index is 1.69. The predicted octanol–water partition coefficient (Wildman–Crippen LogP) is 6.26. The Kier molecular flexibility index (Phi) is 4.13. The predicted molar refractivity (Wildman–Crippen MR) is 122 cm³/mol. The fourth-order valence-electron chi connectivity index (χ4n) is 4.11. The third-order valence-corrected chi connectivity index (χ3v) is 5.70. The summed E-state index contributed by atoms with van der Waals surface area (Å²) >= 11 is 0. The second-order valence-electron chi connectivity index (χ2n) is 7.68. The van der Waals surface area contributed by atoms with Gasteiger partial charge in [0.05, 0.1) is 0 Å². The minimum absolute atomic E-state index is 0.651. The van der Waals surface area contributed by atoms with Crippen LogP contribution in [-0.2, 0) is 5.60 Å². The number of rotatable bonds is 3. The van der Waals surface area contributed by atoms with Crippen LogP contribution >= 0.6 is 0 Å². The van der Waals surface area contributed by atoms with Gasteiger partial charge in [-0.25, -0.2) is 0 Å². The lowest BCUT2D eigenvalue weighted by molar-refractivity contribution is 0.161. The van der Waals surface area contributed by atoms with Crippen molar-refractivity contribution >= 4 is 22.5 Å². The van der Waals surface area contributed by atoms with Gasteiger partial charge >= 0.3 is 0 Å². The highest BCUT2D eigenvalue weighted by Crippen LogP contribution is 2.44. The molecule has 0 radical (unpaired) electrons. The van der Waals surface area contributed by atoms with E-state index in [1.807, 2.05) is 6.07 Å². The minimum Gasteiger partial charge on any atom is -0.473 e. The van der Waals surface area contributed by atoms with Crippen molar-refractivity contribution in [3.05, 3.63) is 114 Å². The van der Waals surface area contributed by atoms with E-state index >= 15 is 0 Å². The zero-order valence-electron chi connectivity index (χ0n) is 16.7. The van der Waals surface area contributed by atoms with Gasteiger partial charge in [0, 0.05) is 36.5 Å². The van der Waals surface area contributed by atoms with E-state index in [-0.39, 0.29) is 0 Å². The van der Waals surface area contributed by atoms with Crippen LogP contribution in [0.2, 0.25) is 0 Å². The van der Waals surface area contributed by atoms with E-state index in [2.05, 4.69) is 116 Å². The van der Waals surface area contributed by atoms with E-state index in [1.165, 1.54) is 16.5 Å². The molecule has 1 unspecified atom stereocenters. The molecular weight excluding hydrogens is 354 g/mol. The maximum atomic E-state index is 6.80. The summed E-state index contributed by atoms with van der Waals surface area (Å²) < 4.78 is 6.80. The molecule has 0 bridgehead atoms. The first-order valence-corrected chi connectivity index (χ1v) is 9.91. The second-order valence-corrected chi connectivity index (χ2v) is 7.68. The Morgan fingerprint density at radius 3 is 2.14 bits per heavy atom. The average Bonchev–Trinajstić information content (AvgIpc) is 2.79. The summed E-state index contributed by atoms with van der Waals surface area (Å²) in [6, 6.07) is 31.7. The molecule has 29 heavy (non-hydrogen) atoms. The first kappa shape index (κ1) is 17.6. The zero-order valence-corrected chi connectivity index (χ0v) is 16.7. The normalized spacial score (nSPS) is 17.6. The molecule has 0 saturated heterocycles. The van der Waals surface area contributed by atoms with Crippen molar-refractivity contribution in [2.75, 3.05) is 19.0 Å². The average molecular weight is 377 g/mol. The quantitative estimate of drug-likeness (QED) is 0.418. The smallest absolute Gasteiger partial charge is 0.178 e. The van der Waals surface area contributed by atoms with Crippen LogP contribution in [-0.4, -0.2) is 14.1 Å². The lowest BCUT2D eigenvalue weighted by Gasteiger charge is -2.36. The minimum atomic E-state index is -0.651. The number of anilines is 1. The first-order valence-electron chi connectivity index (χ1n) is 9.91. The van der Waals surface area contributed by atoms with Gasteiger partial charge in [-0.1, -0.05) is 72.8 Å². The molecule has 1 aliphatic heterocycles. The number of benzene rings is 4. The molecule has 0 spiro atoms. The lowest BCUT2D eigenvalue weighted by Crippen LogP contribution is -2.34. The molecular formula is C27H23NO. The molecule has 0 aromatic heterocycles. The Morgan fingerprint density at radius 2 is 1.38 bits per heavy atom. The summed E-state index contributed by atoms with van der Waals surface area (Å²) in [5.74, 6) is 0.909. The van der Waals surface area contributed by atoms with E-state index in [0.29, 0.717) is 0 Å². The SMILES string of the molecule is CN(C)c1ccc(C2(c3ccccc3)C=Cc3c(ccc4ccccc34)O2)cc1. The van der Waals surface area contributed by atoms with Crippen molar-refractivity contribution in [3.63, 3.8) is 0 Å². The second kappa shape index (κ2) is 6.82. The molecule has 2 nitrogen and oxygen atoms in total. The molecule has 5 rings (SSSR count). The molecule has 0 amide bonds. The molecule has 142 valence electrons. The van der Waals surface area contributed by atoms with Crippen molar-refractivity contribution in [1.29, 1.82) is 0 Å². The highest BCUT2D eigenvalue weighted by molar-refractivity contribution is 5.94. The molecule has 1 heterocycles. The summed E-state index contributed by atoms with van der Waals surface area (Å²) in [7, 11) is 4.11. The maximum Gasteiger partial charge on any atom is 0.178 e. The molecule has 1 aliphatic rings. The van der Waals surface area contributed by atoms with Crippen LogP contribution in [0.1, 0.15) is 16.7 Å². The fourth-order valence-corrected chi connectivity index (χ4v) is 4.11. The van der Waals surface area contributed by atoms with Gasteiger partial charge in [-0.05, 0) is 41.1 Å². The summed E-state index contributed by atoms with van der Waals surface area (Å²) in [6.45, 7) is 0. The number of nitrogens with zero attached hydrogens (tertiary/aromatic N) is 1. The fraction of sp³-hybridized carbons (Fsp3) is 0.111. The molecule has 0 N–H and O–H groups in total. The van der Waals surface area contributed by atoms with E-state index in [1.54, 1.807) is 0 Å². The molecule has 0 fully saturated rings. The van der Waals surface area contributed by atoms with E-state index in [4.69, 9.17) is 4.74 Å². The summed E-state index contributed by atoms with van der Waals surface area (Å²) in [5.41, 5.74) is 3.89. The van der Waals surface area contributed by atoms with Crippen LogP contribution < -0.4 is 9.64 Å². The van der Waals surface area contributed by atoms with Crippen LogP contribution in [0.4, 0.5) is 5.69 Å². The van der Waals surface area contributed by atoms with Gasteiger partial charge < -0.3 is 9.64 Å². The summed E-state index contributed by atoms with van der Waals surface area (Å²) in [6.07, 6.45) is 4.41. The van der Waals surface area contributed by atoms with Gasteiger partial charge in [-0.3, -0.25) is 0 Å². The maximum absolute atomic E-state index is 6.80. The van der Waals surface area contributed by atoms with E-state index in [0.717, 1.165) is 22.4 Å². The molecule has 2 heteroatoms. The van der Waals surface area contributed by atoms with Crippen LogP contribution in [0.15, 0.2) is 97.1 Å². The van der Waals surface area contributed by atoms with Crippen LogP contribution in [0.25, 0.3) is 16.8 Å². The Labute approximate surface area is 171 Å². The van der Waals surface area contributed by atoms with Gasteiger partial charge in [0.15, 0.2) is 5.60 Å². The first-order chi connectivity index (χ1) is 14.2. The van der Waals surface area contributed by atoms with Gasteiger partial charge in [-0.2, -0.15) is 0 Å². The standard InChI is InChI=1S/C27H23NO/c1-28(2)23-15-13-22(14-16-23)27(21-9-4-3-5-10-21)19-18-25-24-11-7-6-8-20(24)12-17-26(25)29-27/h3-19H,1-2H3. The third kappa shape index (κ3) is 2.89. The van der Waals surface area contributed by atoms with Gasteiger partial charge in [0.25, 0.3) is 0 Å². The summed E-state index contributed by atoms with van der Waals surface area (Å²) in [5, 5.41) is 2.44. The third-order valence-electron chi connectivity index (χ3n) is 5.70. The van der Waals surface area contributed by atoms with E-state index < -0.39 is 5.60 Å². The largest absolute Gasteiger partial charge is 0.473 e. The van der Waals surface area contributed by atoms with Gasteiger partial charge in [0.1, 0.15) is 5.75 Å². The van der Waals surface area contributed by atoms with Crippen molar-refractivity contribution in [1.82, 2.24) is 0 Å². The number of ether oxygens (including phenoxy) is 1. The zero-order chi connectivity index (χ0) is 19.8. The number of hydrogen-bond acceptors (Lipinski definition) is 2. The molecule has 4 aromatic carbocycles.